The van der Waals surface area contributed by atoms with E-state index in [-0.39, 0.29) is 16.6 Å². The molecule has 0 aliphatic carbocycles. The number of rotatable bonds is 4. The van der Waals surface area contributed by atoms with Crippen LogP contribution in [-0.2, 0) is 10.0 Å². The largest absolute Gasteiger partial charge is 0.338 e. The van der Waals surface area contributed by atoms with Gasteiger partial charge in [0.2, 0.25) is 5.88 Å². The minimum atomic E-state index is -3.74. The van der Waals surface area contributed by atoms with Crippen molar-refractivity contribution in [3.8, 4) is 0 Å². The fourth-order valence-electron chi connectivity index (χ4n) is 1.47. The molecule has 0 amide bonds. The summed E-state index contributed by atoms with van der Waals surface area (Å²) in [6, 6.07) is 7.12. The lowest BCUT2D eigenvalue weighted by Crippen LogP contribution is -2.12. The molecule has 0 bridgehead atoms. The first-order chi connectivity index (χ1) is 8.88. The summed E-state index contributed by atoms with van der Waals surface area (Å²) in [5.74, 6) is -0.0732. The summed E-state index contributed by atoms with van der Waals surface area (Å²) >= 11 is 0. The SMILES string of the molecule is CC(=O)c1ccc(S(=O)(=O)Nc2cc(C)no2)cc1. The highest BCUT2D eigenvalue weighted by Crippen LogP contribution is 2.17. The molecule has 1 heterocycles. The first-order valence-corrected chi connectivity index (χ1v) is 6.94. The first-order valence-electron chi connectivity index (χ1n) is 5.45. The maximum atomic E-state index is 12.0. The van der Waals surface area contributed by atoms with Crippen LogP contribution in [0.4, 0.5) is 5.88 Å². The van der Waals surface area contributed by atoms with Crippen molar-refractivity contribution in [2.45, 2.75) is 18.7 Å². The molecule has 0 saturated carbocycles. The molecule has 6 nitrogen and oxygen atoms in total. The van der Waals surface area contributed by atoms with Gasteiger partial charge in [-0.2, -0.15) is 0 Å². The molecule has 19 heavy (non-hydrogen) atoms. The second kappa shape index (κ2) is 4.85. The van der Waals surface area contributed by atoms with E-state index in [1.807, 2.05) is 0 Å². The summed E-state index contributed by atoms with van der Waals surface area (Å²) in [5.41, 5.74) is 1.03. The first kappa shape index (κ1) is 13.3. The van der Waals surface area contributed by atoms with Crippen molar-refractivity contribution in [2.75, 3.05) is 4.72 Å². The van der Waals surface area contributed by atoms with Crippen LogP contribution in [-0.4, -0.2) is 19.4 Å². The second-order valence-corrected chi connectivity index (χ2v) is 5.70. The summed E-state index contributed by atoms with van der Waals surface area (Å²) in [7, 11) is -3.74. The number of benzene rings is 1. The molecule has 1 N–H and O–H groups in total. The number of ketones is 1. The maximum Gasteiger partial charge on any atom is 0.264 e. The highest BCUT2D eigenvalue weighted by atomic mass is 32.2. The fourth-order valence-corrected chi connectivity index (χ4v) is 2.45. The lowest BCUT2D eigenvalue weighted by molar-refractivity contribution is 0.101. The van der Waals surface area contributed by atoms with E-state index >= 15 is 0 Å². The van der Waals surface area contributed by atoms with Gasteiger partial charge in [0.15, 0.2) is 5.78 Å². The van der Waals surface area contributed by atoms with Gasteiger partial charge in [0, 0.05) is 11.6 Å². The number of carbonyl (C=O) groups excluding carboxylic acids is 1. The Balaban J connectivity index is 2.26. The Bertz CT molecular complexity index is 702. The van der Waals surface area contributed by atoms with Crippen LogP contribution < -0.4 is 4.72 Å². The van der Waals surface area contributed by atoms with Crippen LogP contribution in [0.5, 0.6) is 0 Å². The van der Waals surface area contributed by atoms with Crippen LogP contribution in [0.15, 0.2) is 39.8 Å². The molecule has 2 aromatic rings. The highest BCUT2D eigenvalue weighted by molar-refractivity contribution is 7.92. The van der Waals surface area contributed by atoms with Crippen LogP contribution in [0, 0.1) is 6.92 Å². The monoisotopic (exact) mass is 280 g/mol. The van der Waals surface area contributed by atoms with E-state index in [0.717, 1.165) is 0 Å². The quantitative estimate of drug-likeness (QED) is 0.865. The van der Waals surface area contributed by atoms with Crippen LogP contribution in [0.25, 0.3) is 0 Å². The van der Waals surface area contributed by atoms with Crippen molar-refractivity contribution in [1.29, 1.82) is 0 Å². The van der Waals surface area contributed by atoms with Crippen LogP contribution in [0.1, 0.15) is 23.0 Å². The van der Waals surface area contributed by atoms with Gasteiger partial charge >= 0.3 is 0 Å². The number of Topliss-reactive ketones (excluding diaryl/α,β-unsaturated/α-hetero) is 1. The number of aryl methyl sites for hydroxylation is 1. The minimum Gasteiger partial charge on any atom is -0.338 e. The van der Waals surface area contributed by atoms with Crippen molar-refractivity contribution in [1.82, 2.24) is 5.16 Å². The predicted molar refractivity (Wildman–Crippen MR) is 68.5 cm³/mol. The van der Waals surface area contributed by atoms with Gasteiger partial charge in [-0.15, -0.1) is 0 Å². The van der Waals surface area contributed by atoms with Gasteiger partial charge in [0.05, 0.1) is 10.6 Å². The molecule has 0 aliphatic rings. The van der Waals surface area contributed by atoms with Crippen molar-refractivity contribution < 1.29 is 17.7 Å². The number of nitrogens with zero attached hydrogens (tertiary/aromatic N) is 1. The Morgan fingerprint density at radius 2 is 1.89 bits per heavy atom. The number of hydrogen-bond acceptors (Lipinski definition) is 5. The number of nitrogens with one attached hydrogen (secondary N) is 1. The zero-order valence-corrected chi connectivity index (χ0v) is 11.2. The Labute approximate surface area is 110 Å². The van der Waals surface area contributed by atoms with Gasteiger partial charge in [-0.05, 0) is 26.0 Å². The van der Waals surface area contributed by atoms with Gasteiger partial charge in [-0.1, -0.05) is 17.3 Å². The third-order valence-electron chi connectivity index (χ3n) is 2.43. The van der Waals surface area contributed by atoms with Crippen molar-refractivity contribution >= 4 is 21.7 Å². The topological polar surface area (TPSA) is 89.3 Å². The molecule has 100 valence electrons. The number of sulfonamides is 1. The maximum absolute atomic E-state index is 12.0. The molecule has 0 radical (unpaired) electrons. The average Bonchev–Trinajstić information content (AvgIpc) is 2.74. The summed E-state index contributed by atoms with van der Waals surface area (Å²) in [6.07, 6.45) is 0. The van der Waals surface area contributed by atoms with Gasteiger partial charge in [0.25, 0.3) is 10.0 Å². The van der Waals surface area contributed by atoms with E-state index in [0.29, 0.717) is 11.3 Å². The third kappa shape index (κ3) is 3.00. The molecule has 7 heteroatoms. The molecule has 0 unspecified atom stereocenters. The van der Waals surface area contributed by atoms with Gasteiger partial charge in [0.1, 0.15) is 0 Å². The zero-order chi connectivity index (χ0) is 14.0. The van der Waals surface area contributed by atoms with E-state index < -0.39 is 10.0 Å². The Kier molecular flexibility index (Phi) is 3.39. The number of hydrogen-bond donors (Lipinski definition) is 1. The molecular weight excluding hydrogens is 268 g/mol. The summed E-state index contributed by atoms with van der Waals surface area (Å²) in [4.78, 5) is 11.2. The van der Waals surface area contributed by atoms with Crippen LogP contribution >= 0.6 is 0 Å². The Morgan fingerprint density at radius 3 is 2.37 bits per heavy atom. The van der Waals surface area contributed by atoms with E-state index in [1.165, 1.54) is 37.3 Å². The van der Waals surface area contributed by atoms with E-state index in [1.54, 1.807) is 6.92 Å². The molecule has 1 aromatic heterocycles. The highest BCUT2D eigenvalue weighted by Gasteiger charge is 2.16. The fraction of sp³-hybridized carbons (Fsp3) is 0.167. The van der Waals surface area contributed by atoms with Crippen molar-refractivity contribution in [3.63, 3.8) is 0 Å². The number of carbonyl (C=O) groups is 1. The van der Waals surface area contributed by atoms with Crippen LogP contribution in [0.2, 0.25) is 0 Å². The standard InChI is InChI=1S/C12H12N2O4S/c1-8-7-12(18-13-8)14-19(16,17)11-5-3-10(4-6-11)9(2)15/h3-7,14H,1-2H3. The van der Waals surface area contributed by atoms with Gasteiger partial charge in [-0.25, -0.2) is 13.1 Å². The number of anilines is 1. The lowest BCUT2D eigenvalue weighted by Gasteiger charge is -2.05. The Morgan fingerprint density at radius 1 is 1.26 bits per heavy atom. The third-order valence-corrected chi connectivity index (χ3v) is 3.80. The second-order valence-electron chi connectivity index (χ2n) is 4.02. The molecule has 0 fully saturated rings. The summed E-state index contributed by atoms with van der Waals surface area (Å²) < 4.78 is 31.1. The molecule has 0 saturated heterocycles. The van der Waals surface area contributed by atoms with Gasteiger partial charge in [-0.3, -0.25) is 4.79 Å². The molecule has 0 spiro atoms. The number of aromatic nitrogens is 1. The van der Waals surface area contributed by atoms with E-state index in [4.69, 9.17) is 4.52 Å². The van der Waals surface area contributed by atoms with Gasteiger partial charge < -0.3 is 4.52 Å². The molecule has 0 atom stereocenters. The molecule has 2 rings (SSSR count). The minimum absolute atomic E-state index is 0.0477. The van der Waals surface area contributed by atoms with E-state index in [2.05, 4.69) is 9.88 Å². The van der Waals surface area contributed by atoms with Crippen molar-refractivity contribution in [3.05, 3.63) is 41.6 Å². The zero-order valence-electron chi connectivity index (χ0n) is 10.4. The predicted octanol–water partition coefficient (Wildman–Crippen LogP) is 1.99. The van der Waals surface area contributed by atoms with E-state index in [9.17, 15) is 13.2 Å². The Hall–Kier alpha value is -2.15. The summed E-state index contributed by atoms with van der Waals surface area (Å²) in [6.45, 7) is 3.10. The summed E-state index contributed by atoms with van der Waals surface area (Å²) in [5, 5.41) is 3.59. The average molecular weight is 280 g/mol. The normalized spacial score (nSPS) is 11.3. The molecule has 1 aromatic carbocycles. The van der Waals surface area contributed by atoms with Crippen LogP contribution in [0.3, 0.4) is 0 Å². The molecular formula is C12H12N2O4S. The lowest BCUT2D eigenvalue weighted by atomic mass is 10.2. The smallest absolute Gasteiger partial charge is 0.264 e. The molecule has 0 aliphatic heterocycles. The van der Waals surface area contributed by atoms with Crippen molar-refractivity contribution in [2.24, 2.45) is 0 Å².